The molecule has 0 unspecified atom stereocenters. The number of fused-ring (bicyclic) bond motifs is 1. The molecule has 7 heteroatoms. The van der Waals surface area contributed by atoms with E-state index < -0.39 is 0 Å². The highest BCUT2D eigenvalue weighted by molar-refractivity contribution is 7.22. The maximum Gasteiger partial charge on any atom is 0.247 e. The Hall–Kier alpha value is -2.41. The van der Waals surface area contributed by atoms with Crippen molar-refractivity contribution in [1.29, 1.82) is 0 Å². The lowest BCUT2D eigenvalue weighted by atomic mass is 10.3. The first kappa shape index (κ1) is 12.6. The van der Waals surface area contributed by atoms with E-state index in [0.29, 0.717) is 5.13 Å². The second kappa shape index (κ2) is 5.30. The molecule has 1 N–H and O–H groups in total. The first-order chi connectivity index (χ1) is 9.74. The molecule has 20 heavy (non-hydrogen) atoms. The van der Waals surface area contributed by atoms with E-state index >= 15 is 0 Å². The molecule has 2 aromatic heterocycles. The van der Waals surface area contributed by atoms with Gasteiger partial charge in [0.25, 0.3) is 0 Å². The van der Waals surface area contributed by atoms with Crippen molar-refractivity contribution in [2.45, 2.75) is 6.54 Å². The number of carbonyl (C=O) groups excluding carboxylic acids is 1. The van der Waals surface area contributed by atoms with E-state index in [0.717, 1.165) is 16.0 Å². The van der Waals surface area contributed by atoms with Crippen molar-refractivity contribution in [2.24, 2.45) is 0 Å². The third-order valence-electron chi connectivity index (χ3n) is 2.71. The summed E-state index contributed by atoms with van der Waals surface area (Å²) in [5.41, 5.74) is 0.838. The molecule has 1 aromatic carbocycles. The maximum absolute atomic E-state index is 11.8. The number of anilines is 1. The minimum Gasteiger partial charge on any atom is -0.497 e. The lowest BCUT2D eigenvalue weighted by Crippen LogP contribution is -2.18. The van der Waals surface area contributed by atoms with Crippen molar-refractivity contribution < 1.29 is 9.53 Å². The van der Waals surface area contributed by atoms with Crippen LogP contribution >= 0.6 is 11.3 Å². The minimum atomic E-state index is -0.153. The largest absolute Gasteiger partial charge is 0.497 e. The molecular weight excluding hydrogens is 276 g/mol. The number of nitrogens with one attached hydrogen (secondary N) is 1. The van der Waals surface area contributed by atoms with Gasteiger partial charge >= 0.3 is 0 Å². The Labute approximate surface area is 119 Å². The average Bonchev–Trinajstić information content (AvgIpc) is 3.06. The predicted molar refractivity (Wildman–Crippen MR) is 77.0 cm³/mol. The van der Waals surface area contributed by atoms with Gasteiger partial charge in [0.1, 0.15) is 12.3 Å². The number of aromatic nitrogens is 3. The van der Waals surface area contributed by atoms with Crippen molar-refractivity contribution in [3.05, 3.63) is 36.7 Å². The van der Waals surface area contributed by atoms with Crippen LogP contribution in [0.5, 0.6) is 5.75 Å². The highest BCUT2D eigenvalue weighted by Crippen LogP contribution is 2.29. The van der Waals surface area contributed by atoms with Gasteiger partial charge in [-0.1, -0.05) is 11.3 Å². The molecule has 0 aliphatic carbocycles. The third kappa shape index (κ3) is 2.62. The maximum atomic E-state index is 11.8. The fraction of sp³-hybridized carbons (Fsp3) is 0.154. The molecule has 0 radical (unpaired) electrons. The van der Waals surface area contributed by atoms with Crippen molar-refractivity contribution in [2.75, 3.05) is 12.4 Å². The van der Waals surface area contributed by atoms with Gasteiger partial charge in [-0.3, -0.25) is 9.48 Å². The molecule has 0 spiro atoms. The van der Waals surface area contributed by atoms with E-state index in [2.05, 4.69) is 15.4 Å². The molecule has 0 fully saturated rings. The highest BCUT2D eigenvalue weighted by atomic mass is 32.1. The summed E-state index contributed by atoms with van der Waals surface area (Å²) in [7, 11) is 1.62. The van der Waals surface area contributed by atoms with Crippen LogP contribution in [0.25, 0.3) is 10.2 Å². The number of methoxy groups -OCH3 is 1. The van der Waals surface area contributed by atoms with Gasteiger partial charge in [-0.05, 0) is 24.3 Å². The van der Waals surface area contributed by atoms with Gasteiger partial charge in [0.05, 0.1) is 17.3 Å². The van der Waals surface area contributed by atoms with Crippen LogP contribution in [0, 0.1) is 0 Å². The van der Waals surface area contributed by atoms with Crippen molar-refractivity contribution >= 4 is 32.6 Å². The molecule has 1 amide bonds. The monoisotopic (exact) mass is 288 g/mol. The van der Waals surface area contributed by atoms with Crippen molar-refractivity contribution in [1.82, 2.24) is 14.8 Å². The Morgan fingerprint density at radius 3 is 3.15 bits per heavy atom. The lowest BCUT2D eigenvalue weighted by molar-refractivity contribution is -0.116. The van der Waals surface area contributed by atoms with Gasteiger partial charge < -0.3 is 10.1 Å². The van der Waals surface area contributed by atoms with Crippen LogP contribution in [-0.4, -0.2) is 27.8 Å². The van der Waals surface area contributed by atoms with Crippen molar-refractivity contribution in [3.8, 4) is 5.75 Å². The molecule has 0 aliphatic heterocycles. The van der Waals surface area contributed by atoms with Gasteiger partial charge in [-0.25, -0.2) is 4.98 Å². The molecule has 0 aliphatic rings. The highest BCUT2D eigenvalue weighted by Gasteiger charge is 2.09. The number of thiazole rings is 1. The third-order valence-corrected chi connectivity index (χ3v) is 3.64. The molecular formula is C13H12N4O2S. The van der Waals surface area contributed by atoms with Gasteiger partial charge in [0.2, 0.25) is 5.91 Å². The number of carbonyl (C=O) groups is 1. The summed E-state index contributed by atoms with van der Waals surface area (Å²) in [5.74, 6) is 0.621. The Balaban J connectivity index is 1.75. The van der Waals surface area contributed by atoms with Crippen LogP contribution in [0.3, 0.4) is 0 Å². The van der Waals surface area contributed by atoms with E-state index in [9.17, 15) is 4.79 Å². The molecule has 6 nitrogen and oxygen atoms in total. The van der Waals surface area contributed by atoms with Crippen LogP contribution in [0.2, 0.25) is 0 Å². The Morgan fingerprint density at radius 1 is 1.50 bits per heavy atom. The summed E-state index contributed by atoms with van der Waals surface area (Å²) in [5, 5.41) is 7.33. The van der Waals surface area contributed by atoms with Gasteiger partial charge in [-0.15, -0.1) is 0 Å². The molecule has 0 saturated heterocycles. The van der Waals surface area contributed by atoms with Crippen LogP contribution in [0.15, 0.2) is 36.7 Å². The lowest BCUT2D eigenvalue weighted by Gasteiger charge is -2.00. The van der Waals surface area contributed by atoms with E-state index in [4.69, 9.17) is 4.74 Å². The molecule has 0 bridgehead atoms. The normalized spacial score (nSPS) is 10.7. The Bertz CT molecular complexity index is 736. The van der Waals surface area contributed by atoms with E-state index in [1.807, 2.05) is 18.2 Å². The molecule has 102 valence electrons. The smallest absolute Gasteiger partial charge is 0.247 e. The average molecular weight is 288 g/mol. The first-order valence-corrected chi connectivity index (χ1v) is 6.78. The zero-order chi connectivity index (χ0) is 13.9. The molecule has 0 atom stereocenters. The Morgan fingerprint density at radius 2 is 2.40 bits per heavy atom. The number of hydrogen-bond acceptors (Lipinski definition) is 5. The number of amides is 1. The second-order valence-corrected chi connectivity index (χ2v) is 5.14. The van der Waals surface area contributed by atoms with E-state index in [1.54, 1.807) is 30.3 Å². The van der Waals surface area contributed by atoms with E-state index in [1.165, 1.54) is 11.3 Å². The molecule has 3 rings (SSSR count). The fourth-order valence-corrected chi connectivity index (χ4v) is 2.70. The van der Waals surface area contributed by atoms with Crippen LogP contribution in [0.1, 0.15) is 0 Å². The summed E-state index contributed by atoms with van der Waals surface area (Å²) in [4.78, 5) is 16.2. The molecule has 0 saturated carbocycles. The first-order valence-electron chi connectivity index (χ1n) is 5.96. The number of hydrogen-bond donors (Lipinski definition) is 1. The minimum absolute atomic E-state index is 0.153. The summed E-state index contributed by atoms with van der Waals surface area (Å²) in [6, 6.07) is 7.39. The zero-order valence-corrected chi connectivity index (χ0v) is 11.6. The van der Waals surface area contributed by atoms with E-state index in [-0.39, 0.29) is 12.5 Å². The summed E-state index contributed by atoms with van der Waals surface area (Å²) in [6.07, 6.45) is 3.38. The number of rotatable bonds is 4. The van der Waals surface area contributed by atoms with Crippen molar-refractivity contribution in [3.63, 3.8) is 0 Å². The summed E-state index contributed by atoms with van der Waals surface area (Å²) < 4.78 is 7.69. The Kier molecular flexibility index (Phi) is 3.34. The van der Waals surface area contributed by atoms with Gasteiger partial charge in [-0.2, -0.15) is 5.10 Å². The standard InChI is InChI=1S/C13H12N4O2S/c1-19-9-3-4-10-11(7-9)20-13(15-10)16-12(18)8-17-6-2-5-14-17/h2-7H,8H2,1H3,(H,15,16,18). The number of ether oxygens (including phenoxy) is 1. The van der Waals surface area contributed by atoms with Crippen LogP contribution in [0.4, 0.5) is 5.13 Å². The number of nitrogens with zero attached hydrogens (tertiary/aromatic N) is 3. The quantitative estimate of drug-likeness (QED) is 0.798. The molecule has 2 heterocycles. The summed E-state index contributed by atoms with van der Waals surface area (Å²) >= 11 is 1.42. The summed E-state index contributed by atoms with van der Waals surface area (Å²) in [6.45, 7) is 0.173. The van der Waals surface area contributed by atoms with Crippen LogP contribution < -0.4 is 10.1 Å². The molecule has 3 aromatic rings. The van der Waals surface area contributed by atoms with Gasteiger partial charge in [0.15, 0.2) is 5.13 Å². The topological polar surface area (TPSA) is 69.0 Å². The predicted octanol–water partition coefficient (Wildman–Crippen LogP) is 2.14. The fourth-order valence-electron chi connectivity index (χ4n) is 1.79. The SMILES string of the molecule is COc1ccc2nc(NC(=O)Cn3cccn3)sc2c1. The second-order valence-electron chi connectivity index (χ2n) is 4.10. The van der Waals surface area contributed by atoms with Crippen LogP contribution in [-0.2, 0) is 11.3 Å². The zero-order valence-electron chi connectivity index (χ0n) is 10.7. The van der Waals surface area contributed by atoms with Gasteiger partial charge in [0, 0.05) is 12.4 Å². The number of benzene rings is 1.